The molecule has 5 N–H and O–H groups in total. The van der Waals surface area contributed by atoms with E-state index in [0.717, 1.165) is 37.7 Å². The average Bonchev–Trinajstić information content (AvgIpc) is 3.55. The summed E-state index contributed by atoms with van der Waals surface area (Å²) in [5, 5.41) is 19.0. The molecule has 13 heteroatoms. The van der Waals surface area contributed by atoms with Gasteiger partial charge in [0, 0.05) is 24.2 Å². The highest BCUT2D eigenvalue weighted by Gasteiger charge is 2.35. The highest BCUT2D eigenvalue weighted by atomic mass is 32.2. The molecule has 1 aromatic carbocycles. The van der Waals surface area contributed by atoms with Crippen LogP contribution in [0.15, 0.2) is 42.9 Å². The summed E-state index contributed by atoms with van der Waals surface area (Å²) in [5.41, 5.74) is 1.47. The standard InChI is InChI=1S/C34H53N5O7S/c1-22(2)32(41)39-31(24(5)46-19-26-14-10-7-11-15-26)34(43)38-29(17-27-18-35-21-36-27)33(42)37-28(16-25-12-8-6-9-13-25)30(40)20-47(44,45)23(3)4/h7,10-11,14-15,18,21-25,28-31,40H,6,8-9,12-13,16-17,19-20H2,1-5H3,(H,35,36)(H,37,42)(H,38,43)(H,39,41)/t24-,28+,29+,30+,31+/m1/s1. The van der Waals surface area contributed by atoms with Gasteiger partial charge in [0.1, 0.15) is 12.1 Å². The van der Waals surface area contributed by atoms with Gasteiger partial charge in [0.2, 0.25) is 17.7 Å². The Morgan fingerprint density at radius 3 is 2.23 bits per heavy atom. The summed E-state index contributed by atoms with van der Waals surface area (Å²) in [6, 6.07) is 6.33. The van der Waals surface area contributed by atoms with Gasteiger partial charge in [-0.25, -0.2) is 13.4 Å². The van der Waals surface area contributed by atoms with Crippen LogP contribution in [0.1, 0.15) is 84.4 Å². The minimum Gasteiger partial charge on any atom is -0.390 e. The van der Waals surface area contributed by atoms with E-state index in [2.05, 4.69) is 25.9 Å². The zero-order chi connectivity index (χ0) is 34.6. The van der Waals surface area contributed by atoms with E-state index in [1.807, 2.05) is 30.3 Å². The topological polar surface area (TPSA) is 180 Å². The van der Waals surface area contributed by atoms with Crippen molar-refractivity contribution in [2.75, 3.05) is 5.75 Å². The molecule has 0 saturated heterocycles. The molecule has 5 atom stereocenters. The number of aliphatic hydroxyl groups excluding tert-OH is 1. The highest BCUT2D eigenvalue weighted by Crippen LogP contribution is 2.28. The lowest BCUT2D eigenvalue weighted by molar-refractivity contribution is -0.136. The molecule has 47 heavy (non-hydrogen) atoms. The lowest BCUT2D eigenvalue weighted by atomic mass is 9.83. The maximum atomic E-state index is 14.0. The molecule has 1 fully saturated rings. The second-order valence-corrected chi connectivity index (χ2v) is 15.9. The molecule has 0 radical (unpaired) electrons. The van der Waals surface area contributed by atoms with Crippen LogP contribution in [-0.4, -0.2) is 82.6 Å². The molecular weight excluding hydrogens is 622 g/mol. The Hall–Kier alpha value is -3.29. The zero-order valence-corrected chi connectivity index (χ0v) is 29.1. The number of nitrogens with one attached hydrogen (secondary N) is 4. The first-order chi connectivity index (χ1) is 22.3. The monoisotopic (exact) mass is 675 g/mol. The Labute approximate surface area is 279 Å². The van der Waals surface area contributed by atoms with Gasteiger partial charge in [-0.15, -0.1) is 0 Å². The molecule has 1 aliphatic carbocycles. The molecule has 1 aliphatic rings. The second kappa shape index (κ2) is 18.3. The van der Waals surface area contributed by atoms with E-state index >= 15 is 0 Å². The van der Waals surface area contributed by atoms with Crippen LogP contribution in [0.5, 0.6) is 0 Å². The second-order valence-electron chi connectivity index (χ2n) is 13.3. The molecule has 2 aromatic rings. The minimum atomic E-state index is -3.60. The smallest absolute Gasteiger partial charge is 0.245 e. The van der Waals surface area contributed by atoms with Crippen molar-refractivity contribution < 1.29 is 32.6 Å². The third-order valence-electron chi connectivity index (χ3n) is 8.77. The highest BCUT2D eigenvalue weighted by molar-refractivity contribution is 7.92. The summed E-state index contributed by atoms with van der Waals surface area (Å²) in [7, 11) is -3.60. The Bertz CT molecular complexity index is 1360. The lowest BCUT2D eigenvalue weighted by Gasteiger charge is -2.32. The summed E-state index contributed by atoms with van der Waals surface area (Å²) in [6.07, 6.45) is 6.45. The van der Waals surface area contributed by atoms with Crippen molar-refractivity contribution in [3.63, 3.8) is 0 Å². The Morgan fingerprint density at radius 2 is 1.64 bits per heavy atom. The first kappa shape index (κ1) is 38.2. The van der Waals surface area contributed by atoms with E-state index in [-0.39, 0.29) is 24.9 Å². The van der Waals surface area contributed by atoms with Crippen LogP contribution < -0.4 is 16.0 Å². The fourth-order valence-electron chi connectivity index (χ4n) is 5.63. The zero-order valence-electron chi connectivity index (χ0n) is 28.3. The van der Waals surface area contributed by atoms with Crippen molar-refractivity contribution in [1.29, 1.82) is 0 Å². The summed E-state index contributed by atoms with van der Waals surface area (Å²) in [6.45, 7) is 8.44. The first-order valence-electron chi connectivity index (χ1n) is 16.7. The number of hydrogen-bond acceptors (Lipinski definition) is 8. The van der Waals surface area contributed by atoms with Gasteiger partial charge in [0.15, 0.2) is 9.84 Å². The van der Waals surface area contributed by atoms with Gasteiger partial charge < -0.3 is 30.8 Å². The van der Waals surface area contributed by atoms with Gasteiger partial charge in [0.25, 0.3) is 0 Å². The van der Waals surface area contributed by atoms with Crippen molar-refractivity contribution in [2.24, 2.45) is 11.8 Å². The third-order valence-corrected chi connectivity index (χ3v) is 11.0. The SMILES string of the molecule is CC(C)C(=O)N[C@H](C(=O)N[C@@H](Cc1cnc[nH]1)C(=O)N[C@@H](CC1CCCCC1)[C@@H](O)CS(=O)(=O)C(C)C)[C@@H](C)OCc1ccccc1. The molecule has 12 nitrogen and oxygen atoms in total. The number of nitrogens with zero attached hydrogens (tertiary/aromatic N) is 1. The number of carbonyl (C=O) groups is 3. The molecule has 1 saturated carbocycles. The van der Waals surface area contributed by atoms with Gasteiger partial charge in [-0.3, -0.25) is 14.4 Å². The van der Waals surface area contributed by atoms with Crippen LogP contribution in [0.4, 0.5) is 0 Å². The van der Waals surface area contributed by atoms with E-state index in [9.17, 15) is 27.9 Å². The van der Waals surface area contributed by atoms with Crippen LogP contribution in [0, 0.1) is 11.8 Å². The molecule has 3 rings (SSSR count). The van der Waals surface area contributed by atoms with Crippen LogP contribution in [-0.2, 0) is 42.0 Å². The van der Waals surface area contributed by atoms with E-state index in [4.69, 9.17) is 4.74 Å². The van der Waals surface area contributed by atoms with Crippen molar-refractivity contribution in [1.82, 2.24) is 25.9 Å². The maximum absolute atomic E-state index is 14.0. The number of hydrogen-bond donors (Lipinski definition) is 5. The van der Waals surface area contributed by atoms with Crippen molar-refractivity contribution in [3.05, 3.63) is 54.1 Å². The first-order valence-corrected chi connectivity index (χ1v) is 18.4. The van der Waals surface area contributed by atoms with E-state index in [1.165, 1.54) is 6.33 Å². The van der Waals surface area contributed by atoms with Gasteiger partial charge in [-0.05, 0) is 38.7 Å². The van der Waals surface area contributed by atoms with Crippen LogP contribution in [0.2, 0.25) is 0 Å². The molecule has 3 amide bonds. The van der Waals surface area contributed by atoms with Gasteiger partial charge in [-0.1, -0.05) is 76.3 Å². The fourth-order valence-corrected chi connectivity index (χ4v) is 6.72. The normalized spacial score (nSPS) is 17.4. The van der Waals surface area contributed by atoms with Gasteiger partial charge in [0.05, 0.1) is 42.2 Å². The summed E-state index contributed by atoms with van der Waals surface area (Å²) in [4.78, 5) is 47.6. The fraction of sp³-hybridized carbons (Fsp3) is 0.647. The minimum absolute atomic E-state index is 0.0399. The molecule has 1 heterocycles. The van der Waals surface area contributed by atoms with Crippen LogP contribution >= 0.6 is 0 Å². The number of benzene rings is 1. The molecule has 262 valence electrons. The number of sulfone groups is 1. The molecule has 0 aliphatic heterocycles. The quantitative estimate of drug-likeness (QED) is 0.160. The van der Waals surface area contributed by atoms with E-state index in [1.54, 1.807) is 40.8 Å². The van der Waals surface area contributed by atoms with Crippen molar-refractivity contribution in [2.45, 2.75) is 122 Å². The van der Waals surface area contributed by atoms with Crippen LogP contribution in [0.3, 0.4) is 0 Å². The maximum Gasteiger partial charge on any atom is 0.245 e. The predicted molar refractivity (Wildman–Crippen MR) is 180 cm³/mol. The lowest BCUT2D eigenvalue weighted by Crippen LogP contribution is -2.60. The number of H-pyrrole nitrogens is 1. The van der Waals surface area contributed by atoms with E-state index < -0.39 is 68.9 Å². The Morgan fingerprint density at radius 1 is 0.957 bits per heavy atom. The third kappa shape index (κ3) is 12.3. The molecular formula is C34H53N5O7S. The number of aromatic nitrogens is 2. The van der Waals surface area contributed by atoms with Crippen molar-refractivity contribution in [3.8, 4) is 0 Å². The number of aliphatic hydroxyl groups is 1. The molecule has 0 spiro atoms. The molecule has 0 bridgehead atoms. The molecule has 0 unspecified atom stereocenters. The number of amides is 3. The van der Waals surface area contributed by atoms with Gasteiger partial charge >= 0.3 is 0 Å². The number of imidazole rings is 1. The molecule has 1 aromatic heterocycles. The number of carbonyl (C=O) groups excluding carboxylic acids is 3. The summed E-state index contributed by atoms with van der Waals surface area (Å²) >= 11 is 0. The van der Waals surface area contributed by atoms with E-state index in [0.29, 0.717) is 12.1 Å². The van der Waals surface area contributed by atoms with Crippen LogP contribution in [0.25, 0.3) is 0 Å². The number of aromatic amines is 1. The summed E-state index contributed by atoms with van der Waals surface area (Å²) < 4.78 is 31.5. The Kier molecular flexibility index (Phi) is 14.9. The summed E-state index contributed by atoms with van der Waals surface area (Å²) in [5.74, 6) is -2.21. The largest absolute Gasteiger partial charge is 0.390 e. The number of ether oxygens (including phenoxy) is 1. The Balaban J connectivity index is 1.84. The number of rotatable bonds is 18. The average molecular weight is 676 g/mol. The van der Waals surface area contributed by atoms with Gasteiger partial charge in [-0.2, -0.15) is 0 Å². The predicted octanol–water partition coefficient (Wildman–Crippen LogP) is 2.82. The van der Waals surface area contributed by atoms with Crippen molar-refractivity contribution >= 4 is 27.6 Å².